The van der Waals surface area contributed by atoms with Crippen molar-refractivity contribution >= 4 is 60.7 Å². The van der Waals surface area contributed by atoms with Crippen LogP contribution in [0.15, 0.2) is 108 Å². The zero-order chi connectivity index (χ0) is 28.7. The number of para-hydroxylation sites is 2. The highest BCUT2D eigenvalue weighted by atomic mass is 16.3. The summed E-state index contributed by atoms with van der Waals surface area (Å²) >= 11 is 0. The smallest absolute Gasteiger partial charge is 0.145 e. The predicted octanol–water partition coefficient (Wildman–Crippen LogP) is 9.33. The first-order valence-corrected chi connectivity index (χ1v) is 14.4. The zero-order valence-corrected chi connectivity index (χ0v) is 23.0. The molecule has 5 aromatic carbocycles. The minimum atomic E-state index is 0.373. The number of hydrogen-bond acceptors (Lipinski definition) is 3. The van der Waals surface area contributed by atoms with E-state index in [1.165, 1.54) is 5.56 Å². The van der Waals surface area contributed by atoms with Crippen LogP contribution in [0.2, 0.25) is 0 Å². The Morgan fingerprint density at radius 3 is 2.12 bits per heavy atom. The molecule has 0 amide bonds. The van der Waals surface area contributed by atoms with Crippen LogP contribution in [0.5, 0.6) is 0 Å². The van der Waals surface area contributed by atoms with Crippen LogP contribution in [0, 0.1) is 22.7 Å². The standard InChI is InChI=1S/C38H22N4O/c39-21-23-14-15-26(20-24(23)22-40)42-32-13-7-5-11-30(32)36-34(42)19-17-28-27-16-18-33-35(37(27)43-38(28)36)29-10-4-6-12-31(29)41(33)25-8-2-1-3-9-25/h1-4,6-10,12-20H,5,11H2. The van der Waals surface area contributed by atoms with Gasteiger partial charge < -0.3 is 13.6 Å². The van der Waals surface area contributed by atoms with E-state index in [-0.39, 0.29) is 0 Å². The lowest BCUT2D eigenvalue weighted by atomic mass is 9.99. The fraction of sp³-hybridized carbons (Fsp3) is 0.0526. The third-order valence-corrected chi connectivity index (χ3v) is 8.87. The molecule has 0 N–H and O–H groups in total. The highest BCUT2D eigenvalue weighted by Crippen LogP contribution is 2.45. The first-order chi connectivity index (χ1) is 21.3. The number of nitrogens with zero attached hydrogens (tertiary/aromatic N) is 4. The summed E-state index contributed by atoms with van der Waals surface area (Å²) in [6.45, 7) is 0. The van der Waals surface area contributed by atoms with E-state index in [4.69, 9.17) is 4.42 Å². The molecule has 0 spiro atoms. The van der Waals surface area contributed by atoms with E-state index in [9.17, 15) is 10.5 Å². The Morgan fingerprint density at radius 2 is 1.33 bits per heavy atom. The molecule has 3 aromatic heterocycles. The zero-order valence-electron chi connectivity index (χ0n) is 23.0. The van der Waals surface area contributed by atoms with E-state index < -0.39 is 0 Å². The summed E-state index contributed by atoms with van der Waals surface area (Å²) in [6, 6.07) is 37.5. The summed E-state index contributed by atoms with van der Waals surface area (Å²) in [5.41, 5.74) is 10.1. The van der Waals surface area contributed by atoms with E-state index in [1.54, 1.807) is 6.07 Å². The molecule has 5 nitrogen and oxygen atoms in total. The number of allylic oxidation sites excluding steroid dienone is 1. The van der Waals surface area contributed by atoms with Gasteiger partial charge in [-0.1, -0.05) is 42.5 Å². The topological polar surface area (TPSA) is 70.6 Å². The lowest BCUT2D eigenvalue weighted by molar-refractivity contribution is 0.676. The summed E-state index contributed by atoms with van der Waals surface area (Å²) in [5.74, 6) is 0. The Morgan fingerprint density at radius 1 is 0.605 bits per heavy atom. The van der Waals surface area contributed by atoms with E-state index in [1.807, 2.05) is 18.2 Å². The Balaban J connectivity index is 1.41. The molecule has 43 heavy (non-hydrogen) atoms. The molecule has 1 aliphatic rings. The van der Waals surface area contributed by atoms with E-state index in [0.29, 0.717) is 11.1 Å². The molecule has 0 bridgehead atoms. The van der Waals surface area contributed by atoms with Gasteiger partial charge in [-0.05, 0) is 85.1 Å². The first-order valence-electron chi connectivity index (χ1n) is 14.4. The number of rotatable bonds is 2. The highest BCUT2D eigenvalue weighted by Gasteiger charge is 2.25. The van der Waals surface area contributed by atoms with Gasteiger partial charge in [-0.2, -0.15) is 10.5 Å². The Bertz CT molecular complexity index is 2580. The van der Waals surface area contributed by atoms with Crippen LogP contribution in [-0.4, -0.2) is 9.13 Å². The molecule has 5 heteroatoms. The van der Waals surface area contributed by atoms with Crippen LogP contribution < -0.4 is 0 Å². The SMILES string of the molecule is N#Cc1ccc(-n2c3c(c4c5oc6c(ccc7c6c6ccccc6n7-c6ccccc6)c5ccc42)CCC=C3)cc1C#N. The Labute approximate surface area is 246 Å². The molecule has 0 saturated heterocycles. The third-order valence-electron chi connectivity index (χ3n) is 8.87. The van der Waals surface area contributed by atoms with Crippen molar-refractivity contribution in [1.29, 1.82) is 10.5 Å². The number of fused-ring (bicyclic) bond motifs is 11. The average Bonchev–Trinajstić information content (AvgIpc) is 3.72. The van der Waals surface area contributed by atoms with Crippen LogP contribution in [0.4, 0.5) is 0 Å². The number of nitriles is 2. The van der Waals surface area contributed by atoms with Crippen molar-refractivity contribution in [1.82, 2.24) is 9.13 Å². The fourth-order valence-electron chi connectivity index (χ4n) is 7.06. The second kappa shape index (κ2) is 8.73. The Hall–Kier alpha value is -6.04. The third kappa shape index (κ3) is 3.14. The second-order valence-corrected chi connectivity index (χ2v) is 11.1. The molecule has 0 radical (unpaired) electrons. The van der Waals surface area contributed by atoms with Gasteiger partial charge >= 0.3 is 0 Å². The van der Waals surface area contributed by atoms with Crippen LogP contribution in [0.25, 0.3) is 72.1 Å². The van der Waals surface area contributed by atoms with Gasteiger partial charge in [0.05, 0.1) is 33.1 Å². The van der Waals surface area contributed by atoms with E-state index in [2.05, 4.69) is 106 Å². The predicted molar refractivity (Wildman–Crippen MR) is 172 cm³/mol. The Kier molecular flexibility index (Phi) is 4.80. The van der Waals surface area contributed by atoms with E-state index in [0.717, 1.165) is 84.6 Å². The summed E-state index contributed by atoms with van der Waals surface area (Å²) in [6.07, 6.45) is 6.22. The molecular weight excluding hydrogens is 528 g/mol. The van der Waals surface area contributed by atoms with Gasteiger partial charge in [-0.15, -0.1) is 0 Å². The minimum absolute atomic E-state index is 0.373. The lowest BCUT2D eigenvalue weighted by Crippen LogP contribution is -2.01. The summed E-state index contributed by atoms with van der Waals surface area (Å²) in [5, 5.41) is 24.8. The number of hydrogen-bond donors (Lipinski definition) is 0. The number of benzene rings is 5. The molecule has 0 unspecified atom stereocenters. The number of furan rings is 1. The maximum atomic E-state index is 9.74. The van der Waals surface area contributed by atoms with Crippen LogP contribution in [-0.2, 0) is 6.42 Å². The molecule has 8 aromatic rings. The van der Waals surface area contributed by atoms with Crippen molar-refractivity contribution < 1.29 is 4.42 Å². The number of aromatic nitrogens is 2. The van der Waals surface area contributed by atoms with Crippen molar-refractivity contribution in [3.63, 3.8) is 0 Å². The summed E-state index contributed by atoms with van der Waals surface area (Å²) < 4.78 is 11.5. The maximum Gasteiger partial charge on any atom is 0.145 e. The molecule has 0 aliphatic heterocycles. The molecule has 0 fully saturated rings. The molecule has 1 aliphatic carbocycles. The van der Waals surface area contributed by atoms with Crippen molar-refractivity contribution in [3.8, 4) is 23.5 Å². The monoisotopic (exact) mass is 550 g/mol. The summed E-state index contributed by atoms with van der Waals surface area (Å²) in [4.78, 5) is 0. The summed E-state index contributed by atoms with van der Waals surface area (Å²) in [7, 11) is 0. The van der Waals surface area contributed by atoms with Crippen molar-refractivity contribution in [2.24, 2.45) is 0 Å². The molecule has 0 saturated carbocycles. The van der Waals surface area contributed by atoms with Crippen LogP contribution >= 0.6 is 0 Å². The highest BCUT2D eigenvalue weighted by molar-refractivity contribution is 6.26. The van der Waals surface area contributed by atoms with Crippen molar-refractivity contribution in [3.05, 3.63) is 126 Å². The van der Waals surface area contributed by atoms with Gasteiger partial charge in [0.25, 0.3) is 0 Å². The second-order valence-electron chi connectivity index (χ2n) is 11.1. The molecular formula is C38H22N4O. The largest absolute Gasteiger partial charge is 0.455 e. The van der Waals surface area contributed by atoms with Gasteiger partial charge in [0, 0.05) is 38.6 Å². The van der Waals surface area contributed by atoms with Gasteiger partial charge in [-0.3, -0.25) is 0 Å². The fourth-order valence-corrected chi connectivity index (χ4v) is 7.06. The number of aryl methyl sites for hydroxylation is 1. The van der Waals surface area contributed by atoms with Gasteiger partial charge in [0.2, 0.25) is 0 Å². The van der Waals surface area contributed by atoms with Crippen LogP contribution in [0.1, 0.15) is 28.8 Å². The molecule has 9 rings (SSSR count). The normalized spacial score (nSPS) is 12.8. The molecule has 200 valence electrons. The van der Waals surface area contributed by atoms with Crippen LogP contribution in [0.3, 0.4) is 0 Å². The lowest BCUT2D eigenvalue weighted by Gasteiger charge is -2.12. The van der Waals surface area contributed by atoms with Gasteiger partial charge in [0.15, 0.2) is 0 Å². The first kappa shape index (κ1) is 23.6. The van der Waals surface area contributed by atoms with Crippen molar-refractivity contribution in [2.75, 3.05) is 0 Å². The molecule has 3 heterocycles. The average molecular weight is 551 g/mol. The molecule has 0 atom stereocenters. The quantitative estimate of drug-likeness (QED) is 0.215. The van der Waals surface area contributed by atoms with Gasteiger partial charge in [-0.25, -0.2) is 0 Å². The minimum Gasteiger partial charge on any atom is -0.455 e. The van der Waals surface area contributed by atoms with E-state index >= 15 is 0 Å². The maximum absolute atomic E-state index is 9.74. The van der Waals surface area contributed by atoms with Gasteiger partial charge in [0.1, 0.15) is 23.3 Å². The van der Waals surface area contributed by atoms with Crippen molar-refractivity contribution in [2.45, 2.75) is 12.8 Å².